The Morgan fingerprint density at radius 1 is 1.13 bits per heavy atom. The molecule has 9 heteroatoms. The molecule has 0 bridgehead atoms. The third-order valence-corrected chi connectivity index (χ3v) is 4.23. The number of nitrogens with one attached hydrogen (secondary N) is 2. The van der Waals surface area contributed by atoms with Crippen LogP contribution in [-0.4, -0.2) is 38.7 Å². The molecule has 0 aliphatic heterocycles. The van der Waals surface area contributed by atoms with E-state index in [1.165, 1.54) is 26.3 Å². The van der Waals surface area contributed by atoms with E-state index in [9.17, 15) is 14.4 Å². The monoisotopic (exact) mass is 434 g/mol. The van der Waals surface area contributed by atoms with Gasteiger partial charge in [-0.1, -0.05) is 48.9 Å². The molecule has 0 aliphatic carbocycles. The summed E-state index contributed by atoms with van der Waals surface area (Å²) >= 11 is 6.25. The van der Waals surface area contributed by atoms with Crippen LogP contribution in [0.5, 0.6) is 11.5 Å². The van der Waals surface area contributed by atoms with E-state index in [4.69, 9.17) is 25.8 Å². The van der Waals surface area contributed by atoms with Crippen LogP contribution in [0.1, 0.15) is 35.4 Å². The Morgan fingerprint density at radius 3 is 2.43 bits per heavy atom. The zero-order valence-corrected chi connectivity index (χ0v) is 17.6. The quantitative estimate of drug-likeness (QED) is 0.616. The minimum atomic E-state index is -1.35. The summed E-state index contributed by atoms with van der Waals surface area (Å²) in [4.78, 5) is 36.8. The van der Waals surface area contributed by atoms with Crippen molar-refractivity contribution < 1.29 is 28.6 Å². The molecule has 0 aromatic heterocycles. The predicted molar refractivity (Wildman–Crippen MR) is 111 cm³/mol. The largest absolute Gasteiger partial charge is 0.493 e. The summed E-state index contributed by atoms with van der Waals surface area (Å²) in [6.45, 7) is 2.37. The van der Waals surface area contributed by atoms with E-state index in [1.807, 2.05) is 6.92 Å². The van der Waals surface area contributed by atoms with Crippen LogP contribution in [0, 0.1) is 0 Å². The lowest BCUT2D eigenvalue weighted by atomic mass is 10.1. The summed E-state index contributed by atoms with van der Waals surface area (Å²) in [7, 11) is 2.78. The summed E-state index contributed by atoms with van der Waals surface area (Å²) in [5.74, 6) is -1.04. The zero-order valence-electron chi connectivity index (χ0n) is 16.9. The molecule has 8 nitrogen and oxygen atoms in total. The van der Waals surface area contributed by atoms with Crippen molar-refractivity contribution in [3.8, 4) is 11.5 Å². The van der Waals surface area contributed by atoms with Gasteiger partial charge in [0.15, 0.2) is 11.5 Å². The normalized spacial score (nSPS) is 11.2. The van der Waals surface area contributed by atoms with Crippen LogP contribution in [0.25, 0.3) is 0 Å². The van der Waals surface area contributed by atoms with Crippen molar-refractivity contribution in [2.45, 2.75) is 19.4 Å². The molecule has 2 rings (SSSR count). The lowest BCUT2D eigenvalue weighted by molar-refractivity contribution is -0.129. The van der Waals surface area contributed by atoms with Crippen LogP contribution >= 0.6 is 11.6 Å². The lowest BCUT2D eigenvalue weighted by Crippen LogP contribution is -2.41. The van der Waals surface area contributed by atoms with Crippen LogP contribution in [0.4, 0.5) is 4.79 Å². The Morgan fingerprint density at radius 2 is 1.83 bits per heavy atom. The molecule has 160 valence electrons. The first-order valence-electron chi connectivity index (χ1n) is 9.20. The number of esters is 1. The van der Waals surface area contributed by atoms with Crippen LogP contribution < -0.4 is 20.1 Å². The number of amides is 3. The molecule has 0 radical (unpaired) electrons. The Kier molecular flexibility index (Phi) is 8.49. The number of carbonyl (C=O) groups is 3. The van der Waals surface area contributed by atoms with Gasteiger partial charge in [0.2, 0.25) is 6.10 Å². The minimum Gasteiger partial charge on any atom is -0.493 e. The number of urea groups is 1. The van der Waals surface area contributed by atoms with Gasteiger partial charge in [0.05, 0.1) is 24.3 Å². The first-order valence-corrected chi connectivity index (χ1v) is 9.57. The Hall–Kier alpha value is -3.26. The molecule has 0 heterocycles. The molecule has 2 N–H and O–H groups in total. The number of imide groups is 1. The minimum absolute atomic E-state index is 0.0642. The second-order valence-electron chi connectivity index (χ2n) is 6.10. The summed E-state index contributed by atoms with van der Waals surface area (Å²) in [5.41, 5.74) is 0.461. The third kappa shape index (κ3) is 5.87. The first kappa shape index (κ1) is 23.0. The van der Waals surface area contributed by atoms with Gasteiger partial charge in [-0.05, 0) is 18.6 Å². The fourth-order valence-corrected chi connectivity index (χ4v) is 2.76. The maximum atomic E-state index is 12.8. The molecule has 0 spiro atoms. The van der Waals surface area contributed by atoms with Gasteiger partial charge in [0.25, 0.3) is 5.91 Å². The Bertz CT molecular complexity index is 904. The van der Waals surface area contributed by atoms with Crippen LogP contribution in [0.2, 0.25) is 5.02 Å². The van der Waals surface area contributed by atoms with Gasteiger partial charge in [-0.25, -0.2) is 9.59 Å². The molecule has 2 aromatic carbocycles. The van der Waals surface area contributed by atoms with Crippen molar-refractivity contribution in [3.05, 3.63) is 58.6 Å². The fourth-order valence-electron chi connectivity index (χ4n) is 2.50. The number of rotatable bonds is 8. The van der Waals surface area contributed by atoms with Crippen molar-refractivity contribution in [3.63, 3.8) is 0 Å². The fraction of sp³-hybridized carbons (Fsp3) is 0.286. The van der Waals surface area contributed by atoms with Crippen molar-refractivity contribution in [2.24, 2.45) is 0 Å². The smallest absolute Gasteiger partial charge is 0.339 e. The maximum Gasteiger partial charge on any atom is 0.339 e. The van der Waals surface area contributed by atoms with Crippen molar-refractivity contribution in [2.75, 3.05) is 20.8 Å². The highest BCUT2D eigenvalue weighted by Gasteiger charge is 2.28. The van der Waals surface area contributed by atoms with Crippen LogP contribution in [0.3, 0.4) is 0 Å². The van der Waals surface area contributed by atoms with Gasteiger partial charge < -0.3 is 19.5 Å². The van der Waals surface area contributed by atoms with Gasteiger partial charge in [-0.15, -0.1) is 0 Å². The molecule has 30 heavy (non-hydrogen) atoms. The molecule has 0 fully saturated rings. The van der Waals surface area contributed by atoms with Gasteiger partial charge in [0.1, 0.15) is 0 Å². The van der Waals surface area contributed by atoms with Crippen molar-refractivity contribution in [1.82, 2.24) is 10.6 Å². The molecule has 0 aliphatic rings. The van der Waals surface area contributed by atoms with Gasteiger partial charge in [0, 0.05) is 12.6 Å². The second kappa shape index (κ2) is 11.1. The summed E-state index contributed by atoms with van der Waals surface area (Å²) < 4.78 is 16.3. The number of halogens is 1. The third-order valence-electron chi connectivity index (χ3n) is 3.94. The second-order valence-corrected chi connectivity index (χ2v) is 6.51. The molecule has 1 atom stereocenters. The van der Waals surface area contributed by atoms with Crippen molar-refractivity contribution >= 4 is 29.5 Å². The average Bonchev–Trinajstić information content (AvgIpc) is 2.76. The molecule has 0 saturated carbocycles. The molecule has 0 saturated heterocycles. The van der Waals surface area contributed by atoms with Gasteiger partial charge in [-0.3, -0.25) is 10.1 Å². The standard InChI is InChI=1S/C21H23ClN2O6/c1-4-10-29-18-15(22)11-14(12-16(18)28-3)20(26)30-17(13-8-6-5-7-9-13)19(25)24-21(27)23-2/h5-9,11-12,17H,4,10H2,1-3H3,(H2,23,24,25,27). The lowest BCUT2D eigenvalue weighted by Gasteiger charge is -2.18. The topological polar surface area (TPSA) is 103 Å². The van der Waals surface area contributed by atoms with Gasteiger partial charge in [-0.2, -0.15) is 0 Å². The van der Waals surface area contributed by atoms with Crippen LogP contribution in [0.15, 0.2) is 42.5 Å². The summed E-state index contributed by atoms with van der Waals surface area (Å²) in [6.07, 6.45) is -0.584. The van der Waals surface area contributed by atoms with Crippen molar-refractivity contribution in [1.29, 1.82) is 0 Å². The molecule has 3 amide bonds. The van der Waals surface area contributed by atoms with E-state index in [2.05, 4.69) is 10.6 Å². The Labute approximate surface area is 179 Å². The predicted octanol–water partition coefficient (Wildman–Crippen LogP) is 3.49. The molecular formula is C21H23ClN2O6. The van der Waals surface area contributed by atoms with E-state index in [1.54, 1.807) is 30.3 Å². The van der Waals surface area contributed by atoms with E-state index in [0.29, 0.717) is 17.9 Å². The van der Waals surface area contributed by atoms with E-state index >= 15 is 0 Å². The summed E-state index contributed by atoms with van der Waals surface area (Å²) in [6, 6.07) is 10.4. The van der Waals surface area contributed by atoms with Gasteiger partial charge >= 0.3 is 12.0 Å². The van der Waals surface area contributed by atoms with Crippen LogP contribution in [-0.2, 0) is 9.53 Å². The highest BCUT2D eigenvalue weighted by molar-refractivity contribution is 6.32. The molecular weight excluding hydrogens is 412 g/mol. The average molecular weight is 435 g/mol. The number of methoxy groups -OCH3 is 1. The maximum absolute atomic E-state index is 12.8. The SMILES string of the molecule is CCCOc1c(Cl)cc(C(=O)OC(C(=O)NC(=O)NC)c2ccccc2)cc1OC. The molecule has 2 aromatic rings. The number of ether oxygens (including phenoxy) is 3. The first-order chi connectivity index (χ1) is 14.4. The highest BCUT2D eigenvalue weighted by Crippen LogP contribution is 2.37. The van der Waals surface area contributed by atoms with E-state index < -0.39 is 24.0 Å². The van der Waals surface area contributed by atoms with E-state index in [-0.39, 0.29) is 16.3 Å². The highest BCUT2D eigenvalue weighted by atomic mass is 35.5. The number of hydrogen-bond acceptors (Lipinski definition) is 6. The number of hydrogen-bond donors (Lipinski definition) is 2. The van der Waals surface area contributed by atoms with E-state index in [0.717, 1.165) is 6.42 Å². The zero-order chi connectivity index (χ0) is 22.1. The number of benzene rings is 2. The molecule has 1 unspecified atom stereocenters. The summed E-state index contributed by atoms with van der Waals surface area (Å²) in [5, 5.41) is 4.56. The number of carbonyl (C=O) groups excluding carboxylic acids is 3. The Balaban J connectivity index is 2.32.